The van der Waals surface area contributed by atoms with Crippen molar-refractivity contribution in [1.82, 2.24) is 14.5 Å². The quantitative estimate of drug-likeness (QED) is 0.712. The van der Waals surface area contributed by atoms with E-state index in [0.29, 0.717) is 10.8 Å². The van der Waals surface area contributed by atoms with Gasteiger partial charge in [-0.05, 0) is 19.1 Å². The Morgan fingerprint density at radius 2 is 2.04 bits per heavy atom. The number of aromatic nitrogens is 3. The fraction of sp³-hybridized carbons (Fsp3) is 0.188. The van der Waals surface area contributed by atoms with Crippen LogP contribution in [0, 0.1) is 6.92 Å². The number of thiazole rings is 1. The number of benzene rings is 1. The van der Waals surface area contributed by atoms with Crippen molar-refractivity contribution in [1.29, 1.82) is 0 Å². The maximum Gasteiger partial charge on any atom is 0.246 e. The second-order valence-corrected chi connectivity index (χ2v) is 8.35. The van der Waals surface area contributed by atoms with E-state index >= 15 is 0 Å². The third-order valence-electron chi connectivity index (χ3n) is 3.40. The van der Waals surface area contributed by atoms with Crippen molar-refractivity contribution in [3.63, 3.8) is 0 Å². The number of anilines is 1. The summed E-state index contributed by atoms with van der Waals surface area (Å²) in [6, 6.07) is 6.70. The van der Waals surface area contributed by atoms with Crippen LogP contribution in [0.2, 0.25) is 0 Å². The van der Waals surface area contributed by atoms with Gasteiger partial charge in [0.05, 0.1) is 22.7 Å². The molecule has 0 saturated heterocycles. The summed E-state index contributed by atoms with van der Waals surface area (Å²) in [6.45, 7) is 2.02. The summed E-state index contributed by atoms with van der Waals surface area (Å²) in [6.07, 6.45) is 4.81. The minimum absolute atomic E-state index is 0.122. The van der Waals surface area contributed by atoms with Crippen LogP contribution in [0.1, 0.15) is 11.3 Å². The summed E-state index contributed by atoms with van der Waals surface area (Å²) < 4.78 is 26.5. The molecular weight excluding hydrogens is 360 g/mol. The summed E-state index contributed by atoms with van der Waals surface area (Å²) in [7, 11) is -3.47. The monoisotopic (exact) mass is 376 g/mol. The molecular formula is C16H16N4O3S2. The van der Waals surface area contributed by atoms with Gasteiger partial charge < -0.3 is 9.88 Å². The Kier molecular flexibility index (Phi) is 4.95. The molecule has 0 aliphatic heterocycles. The highest BCUT2D eigenvalue weighted by molar-refractivity contribution is 7.90. The molecule has 0 atom stereocenters. The molecule has 0 bridgehead atoms. The van der Waals surface area contributed by atoms with Crippen molar-refractivity contribution in [3.05, 3.63) is 59.6 Å². The van der Waals surface area contributed by atoms with E-state index in [4.69, 9.17) is 0 Å². The van der Waals surface area contributed by atoms with Crippen LogP contribution in [-0.2, 0) is 26.9 Å². The Morgan fingerprint density at radius 3 is 2.72 bits per heavy atom. The molecule has 3 rings (SSSR count). The maximum atomic E-state index is 12.4. The van der Waals surface area contributed by atoms with Gasteiger partial charge in [-0.3, -0.25) is 4.79 Å². The van der Waals surface area contributed by atoms with Crippen LogP contribution in [0.3, 0.4) is 0 Å². The van der Waals surface area contributed by atoms with Gasteiger partial charge in [0.1, 0.15) is 6.54 Å². The minimum atomic E-state index is -3.47. The van der Waals surface area contributed by atoms with E-state index in [-0.39, 0.29) is 23.1 Å². The Hall–Kier alpha value is -2.52. The third-order valence-corrected chi connectivity index (χ3v) is 5.87. The molecule has 1 N–H and O–H groups in total. The zero-order valence-corrected chi connectivity index (χ0v) is 15.0. The Morgan fingerprint density at radius 1 is 1.28 bits per heavy atom. The van der Waals surface area contributed by atoms with E-state index in [2.05, 4.69) is 15.3 Å². The number of sulfone groups is 1. The summed E-state index contributed by atoms with van der Waals surface area (Å²) in [5.74, 6) is -0.454. The lowest BCUT2D eigenvalue weighted by Gasteiger charge is -2.03. The Labute approximate surface area is 149 Å². The van der Waals surface area contributed by atoms with Crippen LogP contribution in [0.25, 0.3) is 0 Å². The van der Waals surface area contributed by atoms with Gasteiger partial charge in [-0.25, -0.2) is 18.4 Å². The topological polar surface area (TPSA) is 94.0 Å². The Balaban J connectivity index is 1.65. The number of imidazole rings is 1. The van der Waals surface area contributed by atoms with E-state index in [1.807, 2.05) is 6.92 Å². The van der Waals surface area contributed by atoms with Gasteiger partial charge in [0, 0.05) is 17.8 Å². The number of rotatable bonds is 6. The van der Waals surface area contributed by atoms with Crippen molar-refractivity contribution in [3.8, 4) is 0 Å². The molecule has 0 spiro atoms. The number of carbonyl (C=O) groups excluding carboxylic acids is 1. The second-order valence-electron chi connectivity index (χ2n) is 5.50. The molecule has 0 aliphatic rings. The van der Waals surface area contributed by atoms with Crippen molar-refractivity contribution in [2.75, 3.05) is 5.32 Å². The fourth-order valence-electron chi connectivity index (χ4n) is 2.16. The molecule has 0 aliphatic carbocycles. The first-order chi connectivity index (χ1) is 11.9. The number of carbonyl (C=O) groups is 1. The van der Waals surface area contributed by atoms with Crippen molar-refractivity contribution in [2.24, 2.45) is 0 Å². The molecule has 9 heteroatoms. The van der Waals surface area contributed by atoms with Gasteiger partial charge in [-0.2, -0.15) is 0 Å². The van der Waals surface area contributed by atoms with Crippen molar-refractivity contribution >= 4 is 32.2 Å². The number of nitrogens with one attached hydrogen (secondary N) is 1. The highest BCUT2D eigenvalue weighted by Gasteiger charge is 2.17. The molecule has 0 fully saturated rings. The average molecular weight is 376 g/mol. The van der Waals surface area contributed by atoms with Crippen molar-refractivity contribution in [2.45, 2.75) is 24.1 Å². The highest BCUT2D eigenvalue weighted by atomic mass is 32.2. The lowest BCUT2D eigenvalue weighted by atomic mass is 10.2. The number of amides is 1. The molecule has 25 heavy (non-hydrogen) atoms. The van der Waals surface area contributed by atoms with E-state index in [1.54, 1.807) is 52.9 Å². The van der Waals surface area contributed by atoms with Crippen LogP contribution >= 0.6 is 11.3 Å². The lowest BCUT2D eigenvalue weighted by molar-refractivity contribution is -0.116. The predicted octanol–water partition coefficient (Wildman–Crippen LogP) is 2.26. The molecule has 7 nitrogen and oxygen atoms in total. The molecule has 1 aromatic carbocycles. The number of hydrogen-bond donors (Lipinski definition) is 1. The van der Waals surface area contributed by atoms with Gasteiger partial charge in [0.15, 0.2) is 15.0 Å². The standard InChI is InChI=1S/C16H16N4O3S2/c1-12-2-4-14(5-3-12)25(22,23)10-13-9-24-16(18-13)19-15(21)8-20-7-6-17-11-20/h2-7,9,11H,8,10H2,1H3,(H,18,19,21). The van der Waals surface area contributed by atoms with Crippen LogP contribution in [0.5, 0.6) is 0 Å². The van der Waals surface area contributed by atoms with Crippen molar-refractivity contribution < 1.29 is 13.2 Å². The van der Waals surface area contributed by atoms with E-state index in [0.717, 1.165) is 5.56 Å². The molecule has 0 saturated carbocycles. The summed E-state index contributed by atoms with van der Waals surface area (Å²) in [4.78, 5) is 20.2. The number of aryl methyl sites for hydroxylation is 1. The Bertz CT molecular complexity index is 961. The van der Waals surface area contributed by atoms with Gasteiger partial charge in [-0.15, -0.1) is 11.3 Å². The first-order valence-electron chi connectivity index (χ1n) is 7.42. The second kappa shape index (κ2) is 7.16. The molecule has 130 valence electrons. The number of nitrogens with zero attached hydrogens (tertiary/aromatic N) is 3. The number of hydrogen-bond acceptors (Lipinski definition) is 6. The smallest absolute Gasteiger partial charge is 0.246 e. The fourth-order valence-corrected chi connectivity index (χ4v) is 4.25. The predicted molar refractivity (Wildman–Crippen MR) is 95.0 cm³/mol. The largest absolute Gasteiger partial charge is 0.328 e. The minimum Gasteiger partial charge on any atom is -0.328 e. The summed E-state index contributed by atoms with van der Waals surface area (Å²) >= 11 is 1.20. The molecule has 2 heterocycles. The lowest BCUT2D eigenvalue weighted by Crippen LogP contribution is -2.17. The van der Waals surface area contributed by atoms with Crippen LogP contribution in [0.4, 0.5) is 5.13 Å². The summed E-state index contributed by atoms with van der Waals surface area (Å²) in [5.41, 5.74) is 1.40. The molecule has 3 aromatic rings. The molecule has 2 aromatic heterocycles. The first kappa shape index (κ1) is 17.3. The van der Waals surface area contributed by atoms with E-state index in [1.165, 1.54) is 11.3 Å². The zero-order chi connectivity index (χ0) is 17.9. The SMILES string of the molecule is Cc1ccc(S(=O)(=O)Cc2csc(NC(=O)Cn3ccnc3)n2)cc1. The molecule has 0 radical (unpaired) electrons. The molecule has 0 unspecified atom stereocenters. The zero-order valence-electron chi connectivity index (χ0n) is 13.4. The van der Waals surface area contributed by atoms with Crippen LogP contribution in [-0.4, -0.2) is 28.9 Å². The first-order valence-corrected chi connectivity index (χ1v) is 9.95. The average Bonchev–Trinajstić information content (AvgIpc) is 3.19. The van der Waals surface area contributed by atoms with E-state index in [9.17, 15) is 13.2 Å². The van der Waals surface area contributed by atoms with Gasteiger partial charge in [0.2, 0.25) is 5.91 Å². The third kappa shape index (κ3) is 4.52. The molecule has 1 amide bonds. The van der Waals surface area contributed by atoms with E-state index < -0.39 is 9.84 Å². The normalized spacial score (nSPS) is 11.4. The highest BCUT2D eigenvalue weighted by Crippen LogP contribution is 2.21. The van der Waals surface area contributed by atoms with Crippen LogP contribution in [0.15, 0.2) is 53.3 Å². The van der Waals surface area contributed by atoms with Gasteiger partial charge in [0.25, 0.3) is 0 Å². The van der Waals surface area contributed by atoms with Crippen LogP contribution < -0.4 is 5.32 Å². The summed E-state index contributed by atoms with van der Waals surface area (Å²) in [5, 5.41) is 4.67. The van der Waals surface area contributed by atoms with Gasteiger partial charge in [-0.1, -0.05) is 17.7 Å². The van der Waals surface area contributed by atoms with Gasteiger partial charge >= 0.3 is 0 Å². The maximum absolute atomic E-state index is 12.4.